The SMILES string of the molecule is C.Cl.[C-]#[N+]c1ccc2c(C#CC(C)(C)O)nnc(NCc3ccc(OC)c(Cl)c3)c2c1. The average molecular weight is 459 g/mol. The summed E-state index contributed by atoms with van der Waals surface area (Å²) >= 11 is 6.19. The van der Waals surface area contributed by atoms with Crippen molar-refractivity contribution in [2.24, 2.45) is 0 Å². The molecule has 0 amide bonds. The molecule has 2 N–H and O–H groups in total. The Kier molecular flexibility index (Phi) is 9.09. The van der Waals surface area contributed by atoms with E-state index in [1.54, 1.807) is 45.2 Å². The first-order valence-corrected chi connectivity index (χ1v) is 9.18. The van der Waals surface area contributed by atoms with Crippen LogP contribution < -0.4 is 10.1 Å². The van der Waals surface area contributed by atoms with Crippen LogP contribution in [-0.2, 0) is 6.54 Å². The van der Waals surface area contributed by atoms with E-state index in [-0.39, 0.29) is 19.8 Å². The number of aromatic nitrogens is 2. The largest absolute Gasteiger partial charge is 0.495 e. The van der Waals surface area contributed by atoms with Gasteiger partial charge >= 0.3 is 0 Å². The maximum atomic E-state index is 9.86. The maximum Gasteiger partial charge on any atom is 0.188 e. The lowest BCUT2D eigenvalue weighted by molar-refractivity contribution is 0.143. The molecule has 0 aliphatic rings. The topological polar surface area (TPSA) is 71.6 Å². The van der Waals surface area contributed by atoms with E-state index in [1.165, 1.54) is 0 Å². The number of rotatable bonds is 4. The van der Waals surface area contributed by atoms with Crippen molar-refractivity contribution < 1.29 is 9.84 Å². The highest BCUT2D eigenvalue weighted by Gasteiger charge is 2.11. The van der Waals surface area contributed by atoms with Crippen molar-refractivity contribution in [1.29, 1.82) is 0 Å². The van der Waals surface area contributed by atoms with Crippen molar-refractivity contribution in [1.82, 2.24) is 10.2 Å². The van der Waals surface area contributed by atoms with Crippen molar-refractivity contribution >= 4 is 46.3 Å². The molecular formula is C23H24Cl2N4O2. The minimum atomic E-state index is -1.14. The third-order valence-electron chi connectivity index (χ3n) is 4.06. The normalized spacial score (nSPS) is 10.1. The first-order chi connectivity index (χ1) is 13.8. The van der Waals surface area contributed by atoms with E-state index in [0.717, 1.165) is 16.3 Å². The number of anilines is 1. The number of nitrogens with one attached hydrogen (secondary N) is 1. The molecule has 0 atom stereocenters. The van der Waals surface area contributed by atoms with Gasteiger partial charge in [-0.15, -0.1) is 22.6 Å². The van der Waals surface area contributed by atoms with Gasteiger partial charge in [0, 0.05) is 17.3 Å². The van der Waals surface area contributed by atoms with Crippen molar-refractivity contribution in [2.45, 2.75) is 33.4 Å². The minimum Gasteiger partial charge on any atom is -0.495 e. The lowest BCUT2D eigenvalue weighted by atomic mass is 10.1. The number of fused-ring (bicyclic) bond motifs is 1. The fourth-order valence-electron chi connectivity index (χ4n) is 2.65. The van der Waals surface area contributed by atoms with Crippen molar-refractivity contribution in [3.05, 3.63) is 64.1 Å². The van der Waals surface area contributed by atoms with Crippen molar-refractivity contribution in [3.63, 3.8) is 0 Å². The van der Waals surface area contributed by atoms with Gasteiger partial charge in [-0.3, -0.25) is 0 Å². The molecule has 3 rings (SSSR count). The predicted molar refractivity (Wildman–Crippen MR) is 128 cm³/mol. The summed E-state index contributed by atoms with van der Waals surface area (Å²) in [7, 11) is 1.57. The summed E-state index contributed by atoms with van der Waals surface area (Å²) in [5.41, 5.74) is 0.728. The Morgan fingerprint density at radius 3 is 2.55 bits per heavy atom. The molecule has 8 heteroatoms. The molecule has 0 radical (unpaired) electrons. The van der Waals surface area contributed by atoms with Gasteiger partial charge in [0.2, 0.25) is 0 Å². The summed E-state index contributed by atoms with van der Waals surface area (Å²) < 4.78 is 5.17. The molecule has 0 saturated carbocycles. The second kappa shape index (κ2) is 10.8. The number of aliphatic hydroxyl groups is 1. The van der Waals surface area contributed by atoms with Crippen LogP contribution in [0.2, 0.25) is 5.02 Å². The second-order valence-corrected chi connectivity index (χ2v) is 7.28. The molecule has 1 aromatic heterocycles. The minimum absolute atomic E-state index is 0. The molecular weight excluding hydrogens is 435 g/mol. The van der Waals surface area contributed by atoms with Gasteiger partial charge in [-0.25, -0.2) is 4.85 Å². The molecule has 0 spiro atoms. The average Bonchev–Trinajstić information content (AvgIpc) is 2.70. The standard InChI is InChI=1S/C22H19ClN4O2.CH4.ClH/c1-22(2,28)10-9-19-16-7-6-15(24-3)12-17(16)21(27-26-19)25-13-14-5-8-20(29-4)18(23)11-14;;/h5-8,11-12,28H,13H2,1-2,4H3,(H,25,27);1H4;1H. The molecule has 0 bridgehead atoms. The van der Waals surface area contributed by atoms with E-state index in [1.807, 2.05) is 12.1 Å². The monoisotopic (exact) mass is 458 g/mol. The Bertz CT molecular complexity index is 1170. The Morgan fingerprint density at radius 1 is 1.19 bits per heavy atom. The van der Waals surface area contributed by atoms with Crippen LogP contribution in [0.3, 0.4) is 0 Å². The lowest BCUT2D eigenvalue weighted by Crippen LogP contribution is -2.14. The predicted octanol–water partition coefficient (Wildman–Crippen LogP) is 5.63. The van der Waals surface area contributed by atoms with Gasteiger partial charge < -0.3 is 15.2 Å². The van der Waals surface area contributed by atoms with E-state index >= 15 is 0 Å². The summed E-state index contributed by atoms with van der Waals surface area (Å²) in [4.78, 5) is 3.49. The molecule has 0 unspecified atom stereocenters. The van der Waals surface area contributed by atoms with Crippen molar-refractivity contribution in [2.75, 3.05) is 12.4 Å². The molecule has 1 heterocycles. The Morgan fingerprint density at radius 2 is 1.94 bits per heavy atom. The first-order valence-electron chi connectivity index (χ1n) is 8.80. The number of benzene rings is 2. The molecule has 3 aromatic rings. The van der Waals surface area contributed by atoms with Gasteiger partial charge in [0.1, 0.15) is 17.0 Å². The van der Waals surface area contributed by atoms with Crippen LogP contribution >= 0.6 is 24.0 Å². The first kappa shape index (κ1) is 26.0. The summed E-state index contributed by atoms with van der Waals surface area (Å²) in [6, 6.07) is 10.8. The number of nitrogens with zero attached hydrogens (tertiary/aromatic N) is 3. The fraction of sp³-hybridized carbons (Fsp3) is 0.261. The third-order valence-corrected chi connectivity index (χ3v) is 4.35. The molecule has 31 heavy (non-hydrogen) atoms. The zero-order valence-electron chi connectivity index (χ0n) is 16.7. The highest BCUT2D eigenvalue weighted by molar-refractivity contribution is 6.32. The van der Waals surface area contributed by atoms with Crippen LogP contribution in [0.25, 0.3) is 15.6 Å². The van der Waals surface area contributed by atoms with Gasteiger partial charge in [-0.2, -0.15) is 0 Å². The molecule has 162 valence electrons. The number of methoxy groups -OCH3 is 1. The molecule has 0 aliphatic carbocycles. The van der Waals surface area contributed by atoms with Crippen LogP contribution in [0.4, 0.5) is 11.5 Å². The molecule has 0 aliphatic heterocycles. The molecule has 0 saturated heterocycles. The molecule has 0 fully saturated rings. The summed E-state index contributed by atoms with van der Waals surface area (Å²) in [5, 5.41) is 23.6. The number of hydrogen-bond acceptors (Lipinski definition) is 5. The van der Waals surface area contributed by atoms with E-state index in [2.05, 4.69) is 32.2 Å². The quantitative estimate of drug-likeness (QED) is 0.391. The summed E-state index contributed by atoms with van der Waals surface area (Å²) in [6.07, 6.45) is 0. The third kappa shape index (κ3) is 6.47. The maximum absolute atomic E-state index is 9.86. The second-order valence-electron chi connectivity index (χ2n) is 6.87. The van der Waals surface area contributed by atoms with Gasteiger partial charge in [-0.05, 0) is 43.5 Å². The summed E-state index contributed by atoms with van der Waals surface area (Å²) in [5.74, 6) is 6.77. The smallest absolute Gasteiger partial charge is 0.188 e. The van der Waals surface area contributed by atoms with Gasteiger partial charge in [0.15, 0.2) is 11.5 Å². The van der Waals surface area contributed by atoms with Crippen LogP contribution in [0.15, 0.2) is 36.4 Å². The number of halogens is 2. The van der Waals surface area contributed by atoms with Crippen LogP contribution in [-0.4, -0.2) is 28.0 Å². The van der Waals surface area contributed by atoms with E-state index in [4.69, 9.17) is 22.9 Å². The van der Waals surface area contributed by atoms with E-state index in [9.17, 15) is 5.11 Å². The van der Waals surface area contributed by atoms with Crippen molar-refractivity contribution in [3.8, 4) is 17.6 Å². The van der Waals surface area contributed by atoms with Gasteiger partial charge in [-0.1, -0.05) is 43.1 Å². The van der Waals surface area contributed by atoms with Gasteiger partial charge in [0.05, 0.1) is 18.7 Å². The lowest BCUT2D eigenvalue weighted by Gasteiger charge is -2.11. The molecule has 6 nitrogen and oxygen atoms in total. The highest BCUT2D eigenvalue weighted by atomic mass is 35.5. The Labute approximate surface area is 193 Å². The summed E-state index contributed by atoms with van der Waals surface area (Å²) in [6.45, 7) is 10.9. The zero-order valence-corrected chi connectivity index (χ0v) is 18.2. The fourth-order valence-corrected chi connectivity index (χ4v) is 2.93. The number of ether oxygens (including phenoxy) is 1. The van der Waals surface area contributed by atoms with E-state index < -0.39 is 5.60 Å². The molecule has 2 aromatic carbocycles. The van der Waals surface area contributed by atoms with Crippen LogP contribution in [0.5, 0.6) is 5.75 Å². The Balaban J connectivity index is 0.00000240. The van der Waals surface area contributed by atoms with Crippen LogP contribution in [0.1, 0.15) is 32.5 Å². The van der Waals surface area contributed by atoms with E-state index in [0.29, 0.717) is 34.5 Å². The van der Waals surface area contributed by atoms with Gasteiger partial charge in [0.25, 0.3) is 0 Å². The number of hydrogen-bond donors (Lipinski definition) is 2. The van der Waals surface area contributed by atoms with Crippen LogP contribution in [0, 0.1) is 18.4 Å². The highest BCUT2D eigenvalue weighted by Crippen LogP contribution is 2.29. The Hall–Kier alpha value is -3.03. The zero-order chi connectivity index (χ0) is 21.0.